The van der Waals surface area contributed by atoms with Crippen molar-refractivity contribution in [1.29, 1.82) is 0 Å². The Balaban J connectivity index is 2.21. The quantitative estimate of drug-likeness (QED) is 0.938. The summed E-state index contributed by atoms with van der Waals surface area (Å²) in [6.45, 7) is 0.668. The third-order valence-electron chi connectivity index (χ3n) is 2.23. The second-order valence-electron chi connectivity index (χ2n) is 3.52. The van der Waals surface area contributed by atoms with E-state index in [2.05, 4.69) is 10.2 Å². The summed E-state index contributed by atoms with van der Waals surface area (Å²) in [5, 5.41) is 11.2. The largest absolute Gasteiger partial charge is 0.330 e. The second kappa shape index (κ2) is 5.78. The van der Waals surface area contributed by atoms with Crippen LogP contribution in [0.25, 0.3) is 10.6 Å². The number of aryl methyl sites for hydroxylation is 1. The minimum Gasteiger partial charge on any atom is -0.330 e. The Bertz CT molecular complexity index is 513. The van der Waals surface area contributed by atoms with Crippen molar-refractivity contribution in [3.8, 4) is 10.6 Å². The molecule has 0 atom stereocenters. The zero-order valence-corrected chi connectivity index (χ0v) is 11.3. The Morgan fingerprint density at radius 2 is 2.00 bits per heavy atom. The molecule has 1 aromatic carbocycles. The van der Waals surface area contributed by atoms with Crippen molar-refractivity contribution in [3.63, 3.8) is 0 Å². The maximum atomic E-state index is 5.96. The van der Waals surface area contributed by atoms with Gasteiger partial charge in [-0.1, -0.05) is 40.6 Å². The number of nitrogens with zero attached hydrogens (tertiary/aromatic N) is 2. The zero-order valence-electron chi connectivity index (χ0n) is 8.99. The Morgan fingerprint density at radius 3 is 2.71 bits per heavy atom. The molecule has 0 spiro atoms. The van der Waals surface area contributed by atoms with Crippen LogP contribution in [-0.4, -0.2) is 16.7 Å². The van der Waals surface area contributed by atoms with Gasteiger partial charge in [0.15, 0.2) is 0 Å². The van der Waals surface area contributed by atoms with Crippen LogP contribution in [-0.2, 0) is 6.42 Å². The van der Waals surface area contributed by atoms with Gasteiger partial charge in [-0.15, -0.1) is 10.2 Å². The molecular weight excluding hydrogens is 277 g/mol. The highest BCUT2D eigenvalue weighted by Crippen LogP contribution is 2.30. The van der Waals surface area contributed by atoms with Gasteiger partial charge in [0.1, 0.15) is 10.0 Å². The summed E-state index contributed by atoms with van der Waals surface area (Å²) in [7, 11) is 0. The van der Waals surface area contributed by atoms with Crippen LogP contribution in [0.3, 0.4) is 0 Å². The van der Waals surface area contributed by atoms with Crippen molar-refractivity contribution in [1.82, 2.24) is 10.2 Å². The van der Waals surface area contributed by atoms with Gasteiger partial charge in [0.05, 0.1) is 10.0 Å². The zero-order chi connectivity index (χ0) is 12.3. The molecule has 1 heterocycles. The first-order chi connectivity index (χ1) is 8.20. The van der Waals surface area contributed by atoms with Gasteiger partial charge in [-0.25, -0.2) is 0 Å². The monoisotopic (exact) mass is 287 g/mol. The van der Waals surface area contributed by atoms with Crippen LogP contribution in [0.2, 0.25) is 10.0 Å². The molecule has 2 N–H and O–H groups in total. The molecule has 0 aliphatic carbocycles. The van der Waals surface area contributed by atoms with Gasteiger partial charge in [0.2, 0.25) is 0 Å². The van der Waals surface area contributed by atoms with E-state index in [0.717, 1.165) is 28.4 Å². The molecule has 0 aliphatic heterocycles. The van der Waals surface area contributed by atoms with Gasteiger partial charge in [-0.05, 0) is 25.1 Å². The first-order valence-electron chi connectivity index (χ1n) is 5.18. The Kier molecular flexibility index (Phi) is 4.34. The SMILES string of the molecule is NCCCc1nnc(-c2ccc(Cl)c(Cl)c2)s1. The van der Waals surface area contributed by atoms with E-state index in [1.807, 2.05) is 6.07 Å². The maximum Gasteiger partial charge on any atom is 0.147 e. The number of hydrogen-bond donors (Lipinski definition) is 1. The molecule has 1 aromatic heterocycles. The third kappa shape index (κ3) is 3.16. The van der Waals surface area contributed by atoms with Gasteiger partial charge in [-0.3, -0.25) is 0 Å². The van der Waals surface area contributed by atoms with Crippen molar-refractivity contribution in [2.45, 2.75) is 12.8 Å². The average Bonchev–Trinajstić information content (AvgIpc) is 2.79. The lowest BCUT2D eigenvalue weighted by atomic mass is 10.2. The molecule has 0 fully saturated rings. The molecule has 2 aromatic rings. The third-order valence-corrected chi connectivity index (χ3v) is 4.00. The fraction of sp³-hybridized carbons (Fsp3) is 0.273. The lowest BCUT2D eigenvalue weighted by Crippen LogP contribution is -1.99. The molecule has 0 saturated carbocycles. The fourth-order valence-electron chi connectivity index (χ4n) is 1.35. The highest BCUT2D eigenvalue weighted by atomic mass is 35.5. The van der Waals surface area contributed by atoms with Crippen LogP contribution < -0.4 is 5.73 Å². The highest BCUT2D eigenvalue weighted by Gasteiger charge is 2.08. The molecule has 0 bridgehead atoms. The predicted octanol–water partition coefficient (Wildman–Crippen LogP) is 3.40. The average molecular weight is 288 g/mol. The topological polar surface area (TPSA) is 51.8 Å². The van der Waals surface area contributed by atoms with Crippen LogP contribution in [0.15, 0.2) is 18.2 Å². The molecule has 17 heavy (non-hydrogen) atoms. The number of aromatic nitrogens is 2. The van der Waals surface area contributed by atoms with E-state index < -0.39 is 0 Å². The van der Waals surface area contributed by atoms with E-state index in [4.69, 9.17) is 28.9 Å². The second-order valence-corrected chi connectivity index (χ2v) is 5.40. The summed E-state index contributed by atoms with van der Waals surface area (Å²) in [5.74, 6) is 0. The maximum absolute atomic E-state index is 5.96. The summed E-state index contributed by atoms with van der Waals surface area (Å²) >= 11 is 13.4. The number of hydrogen-bond acceptors (Lipinski definition) is 4. The lowest BCUT2D eigenvalue weighted by Gasteiger charge is -1.98. The Labute approximate surface area is 114 Å². The van der Waals surface area contributed by atoms with E-state index in [9.17, 15) is 0 Å². The van der Waals surface area contributed by atoms with Gasteiger partial charge in [0, 0.05) is 12.0 Å². The lowest BCUT2D eigenvalue weighted by molar-refractivity contribution is 0.812. The molecule has 6 heteroatoms. The summed E-state index contributed by atoms with van der Waals surface area (Å²) in [6, 6.07) is 5.46. The summed E-state index contributed by atoms with van der Waals surface area (Å²) < 4.78 is 0. The van der Waals surface area contributed by atoms with Crippen LogP contribution in [0.5, 0.6) is 0 Å². The first-order valence-corrected chi connectivity index (χ1v) is 6.76. The van der Waals surface area contributed by atoms with Crippen LogP contribution in [0, 0.1) is 0 Å². The normalized spacial score (nSPS) is 10.8. The molecular formula is C11H11Cl2N3S. The van der Waals surface area contributed by atoms with E-state index in [-0.39, 0.29) is 0 Å². The van der Waals surface area contributed by atoms with Gasteiger partial charge < -0.3 is 5.73 Å². The van der Waals surface area contributed by atoms with E-state index in [1.165, 1.54) is 0 Å². The molecule has 0 aliphatic rings. The fourth-order valence-corrected chi connectivity index (χ4v) is 2.53. The van der Waals surface area contributed by atoms with Crippen molar-refractivity contribution < 1.29 is 0 Å². The number of benzene rings is 1. The number of halogens is 2. The summed E-state index contributed by atoms with van der Waals surface area (Å²) in [5.41, 5.74) is 6.40. The van der Waals surface area contributed by atoms with E-state index >= 15 is 0 Å². The summed E-state index contributed by atoms with van der Waals surface area (Å²) in [6.07, 6.45) is 1.80. The van der Waals surface area contributed by atoms with Gasteiger partial charge in [-0.2, -0.15) is 0 Å². The highest BCUT2D eigenvalue weighted by molar-refractivity contribution is 7.14. The molecule has 0 saturated heterocycles. The Morgan fingerprint density at radius 1 is 1.18 bits per heavy atom. The number of nitrogens with two attached hydrogens (primary N) is 1. The number of rotatable bonds is 4. The molecule has 3 nitrogen and oxygen atoms in total. The molecule has 0 unspecified atom stereocenters. The Hall–Kier alpha value is -0.680. The van der Waals surface area contributed by atoms with Crippen molar-refractivity contribution in [2.75, 3.05) is 6.54 Å². The summed E-state index contributed by atoms with van der Waals surface area (Å²) in [4.78, 5) is 0. The van der Waals surface area contributed by atoms with Crippen LogP contribution in [0.1, 0.15) is 11.4 Å². The van der Waals surface area contributed by atoms with Crippen molar-refractivity contribution in [3.05, 3.63) is 33.3 Å². The van der Waals surface area contributed by atoms with Crippen LogP contribution in [0.4, 0.5) is 0 Å². The smallest absolute Gasteiger partial charge is 0.147 e. The van der Waals surface area contributed by atoms with Gasteiger partial charge in [0.25, 0.3) is 0 Å². The minimum atomic E-state index is 0.530. The predicted molar refractivity (Wildman–Crippen MR) is 72.7 cm³/mol. The first kappa shape index (κ1) is 12.8. The van der Waals surface area contributed by atoms with Crippen molar-refractivity contribution >= 4 is 34.5 Å². The molecule has 0 radical (unpaired) electrons. The van der Waals surface area contributed by atoms with Crippen molar-refractivity contribution in [2.24, 2.45) is 5.73 Å². The standard InChI is InChI=1S/C11H11Cl2N3S/c12-8-4-3-7(6-9(8)13)11-16-15-10(17-11)2-1-5-14/h3-4,6H,1-2,5,14H2. The molecule has 2 rings (SSSR count). The van der Waals surface area contributed by atoms with E-state index in [1.54, 1.807) is 23.5 Å². The molecule has 90 valence electrons. The van der Waals surface area contributed by atoms with Crippen LogP contribution >= 0.6 is 34.5 Å². The molecule has 0 amide bonds. The van der Waals surface area contributed by atoms with E-state index in [0.29, 0.717) is 16.6 Å². The van der Waals surface area contributed by atoms with Gasteiger partial charge >= 0.3 is 0 Å². The minimum absolute atomic E-state index is 0.530.